The van der Waals surface area contributed by atoms with Crippen molar-refractivity contribution in [2.24, 2.45) is 0 Å². The zero-order valence-corrected chi connectivity index (χ0v) is 13.9. The lowest BCUT2D eigenvalue weighted by atomic mass is 10.2. The zero-order valence-electron chi connectivity index (χ0n) is 13.9. The van der Waals surface area contributed by atoms with Crippen LogP contribution in [0, 0.1) is 0 Å². The number of hydrogen-bond acceptors (Lipinski definition) is 4. The van der Waals surface area contributed by atoms with Gasteiger partial charge in [-0.2, -0.15) is 5.10 Å². The molecule has 6 nitrogen and oxygen atoms in total. The van der Waals surface area contributed by atoms with Crippen LogP contribution in [0.3, 0.4) is 0 Å². The number of nitrogens with zero attached hydrogens (tertiary/aromatic N) is 3. The van der Waals surface area contributed by atoms with E-state index in [9.17, 15) is 4.79 Å². The molecule has 2 heterocycles. The first-order valence-electron chi connectivity index (χ1n) is 8.30. The van der Waals surface area contributed by atoms with E-state index in [0.717, 1.165) is 37.4 Å². The molecule has 0 bridgehead atoms. The summed E-state index contributed by atoms with van der Waals surface area (Å²) < 4.78 is 12.7. The van der Waals surface area contributed by atoms with E-state index in [-0.39, 0.29) is 11.9 Å². The summed E-state index contributed by atoms with van der Waals surface area (Å²) in [7, 11) is 1.63. The van der Waals surface area contributed by atoms with Crippen LogP contribution in [0.25, 0.3) is 0 Å². The number of aromatic nitrogens is 2. The topological polar surface area (TPSA) is 56.6 Å². The Bertz CT molecular complexity index is 640. The molecule has 1 aliphatic heterocycles. The Labute approximate surface area is 142 Å². The molecule has 0 aliphatic carbocycles. The number of ether oxygens (including phenoxy) is 2. The van der Waals surface area contributed by atoms with E-state index in [4.69, 9.17) is 9.47 Å². The van der Waals surface area contributed by atoms with Gasteiger partial charge in [-0.3, -0.25) is 9.48 Å². The van der Waals surface area contributed by atoms with Crippen molar-refractivity contribution >= 4 is 5.91 Å². The van der Waals surface area contributed by atoms with E-state index in [1.54, 1.807) is 13.3 Å². The number of rotatable bonds is 7. The van der Waals surface area contributed by atoms with E-state index in [1.807, 2.05) is 46.1 Å². The van der Waals surface area contributed by atoms with Crippen molar-refractivity contribution in [3.8, 4) is 11.5 Å². The summed E-state index contributed by atoms with van der Waals surface area (Å²) in [6.45, 7) is 1.97. The zero-order chi connectivity index (χ0) is 16.8. The van der Waals surface area contributed by atoms with Gasteiger partial charge in [-0.15, -0.1) is 0 Å². The van der Waals surface area contributed by atoms with Gasteiger partial charge in [0.15, 0.2) is 0 Å². The van der Waals surface area contributed by atoms with Crippen LogP contribution in [-0.4, -0.2) is 46.9 Å². The van der Waals surface area contributed by atoms with Crippen molar-refractivity contribution < 1.29 is 14.3 Å². The van der Waals surface area contributed by atoms with E-state index >= 15 is 0 Å². The van der Waals surface area contributed by atoms with E-state index in [2.05, 4.69) is 5.10 Å². The van der Waals surface area contributed by atoms with Crippen LogP contribution >= 0.6 is 0 Å². The number of methoxy groups -OCH3 is 1. The molecule has 1 amide bonds. The molecule has 1 atom stereocenters. The summed E-state index contributed by atoms with van der Waals surface area (Å²) in [6, 6.07) is 9.52. The second-order valence-electron chi connectivity index (χ2n) is 5.89. The van der Waals surface area contributed by atoms with Gasteiger partial charge in [0.1, 0.15) is 11.5 Å². The molecule has 2 aromatic rings. The van der Waals surface area contributed by atoms with Crippen molar-refractivity contribution in [2.45, 2.75) is 31.8 Å². The van der Waals surface area contributed by atoms with Gasteiger partial charge < -0.3 is 14.4 Å². The Morgan fingerprint density at radius 3 is 2.79 bits per heavy atom. The van der Waals surface area contributed by atoms with Crippen molar-refractivity contribution in [2.75, 3.05) is 20.3 Å². The minimum absolute atomic E-state index is 0.151. The number of amides is 1. The van der Waals surface area contributed by atoms with Crippen LogP contribution in [-0.2, 0) is 11.3 Å². The lowest BCUT2D eigenvalue weighted by Gasteiger charge is -2.24. The summed E-state index contributed by atoms with van der Waals surface area (Å²) in [5, 5.41) is 4.23. The average Bonchev–Trinajstić information content (AvgIpc) is 3.28. The largest absolute Gasteiger partial charge is 0.497 e. The van der Waals surface area contributed by atoms with Gasteiger partial charge in [0.25, 0.3) is 0 Å². The first-order valence-corrected chi connectivity index (χ1v) is 8.30. The third kappa shape index (κ3) is 4.07. The molecule has 3 rings (SSSR count). The van der Waals surface area contributed by atoms with E-state index in [0.29, 0.717) is 13.0 Å². The predicted molar refractivity (Wildman–Crippen MR) is 90.1 cm³/mol. The quantitative estimate of drug-likeness (QED) is 0.782. The second-order valence-corrected chi connectivity index (χ2v) is 5.89. The lowest BCUT2D eigenvalue weighted by molar-refractivity contribution is -0.132. The first-order chi connectivity index (χ1) is 11.8. The van der Waals surface area contributed by atoms with Gasteiger partial charge in [-0.25, -0.2) is 0 Å². The maximum Gasteiger partial charge on any atom is 0.226 e. The standard InChI is InChI=1S/C18H23N3O3/c1-23-16-5-7-17(8-6-16)24-13-9-18(22)21-12-2-4-15(21)14-20-11-3-10-19-20/h3,5-8,10-11,15H,2,4,9,12-14H2,1H3/t15-/m0/s1. The molecule has 1 saturated heterocycles. The van der Waals surface area contributed by atoms with E-state index in [1.165, 1.54) is 0 Å². The highest BCUT2D eigenvalue weighted by Crippen LogP contribution is 2.20. The molecule has 6 heteroatoms. The fourth-order valence-electron chi connectivity index (χ4n) is 3.05. The molecule has 0 radical (unpaired) electrons. The average molecular weight is 329 g/mol. The Kier molecular flexibility index (Phi) is 5.36. The third-order valence-corrected chi connectivity index (χ3v) is 4.30. The molecule has 1 fully saturated rings. The minimum atomic E-state index is 0.151. The Balaban J connectivity index is 1.46. The molecular weight excluding hydrogens is 306 g/mol. The Hall–Kier alpha value is -2.50. The van der Waals surface area contributed by atoms with Gasteiger partial charge in [-0.05, 0) is 43.2 Å². The van der Waals surface area contributed by atoms with Crippen LogP contribution in [0.4, 0.5) is 0 Å². The van der Waals surface area contributed by atoms with Gasteiger partial charge in [0.2, 0.25) is 5.91 Å². The normalized spacial score (nSPS) is 17.0. The molecule has 0 spiro atoms. The van der Waals surface area contributed by atoms with Gasteiger partial charge >= 0.3 is 0 Å². The molecule has 128 valence electrons. The monoisotopic (exact) mass is 329 g/mol. The minimum Gasteiger partial charge on any atom is -0.497 e. The predicted octanol–water partition coefficient (Wildman–Crippen LogP) is 2.35. The molecule has 0 N–H and O–H groups in total. The number of hydrogen-bond donors (Lipinski definition) is 0. The highest BCUT2D eigenvalue weighted by atomic mass is 16.5. The summed E-state index contributed by atoms with van der Waals surface area (Å²) in [5.74, 6) is 1.69. The molecule has 0 unspecified atom stereocenters. The Morgan fingerprint density at radius 1 is 1.29 bits per heavy atom. The van der Waals surface area contributed by atoms with Crippen LogP contribution in [0.15, 0.2) is 42.7 Å². The van der Waals surface area contributed by atoms with Gasteiger partial charge in [-0.1, -0.05) is 0 Å². The van der Waals surface area contributed by atoms with Crippen molar-refractivity contribution in [3.05, 3.63) is 42.7 Å². The molecule has 1 aliphatic rings. The van der Waals surface area contributed by atoms with E-state index < -0.39 is 0 Å². The lowest BCUT2D eigenvalue weighted by Crippen LogP contribution is -2.38. The molecule has 1 aromatic heterocycles. The van der Waals surface area contributed by atoms with Gasteiger partial charge in [0.05, 0.1) is 32.7 Å². The van der Waals surface area contributed by atoms with Crippen LogP contribution in [0.2, 0.25) is 0 Å². The van der Waals surface area contributed by atoms with Gasteiger partial charge in [0, 0.05) is 18.9 Å². The maximum atomic E-state index is 12.5. The fraction of sp³-hybridized carbons (Fsp3) is 0.444. The third-order valence-electron chi connectivity index (χ3n) is 4.30. The fourth-order valence-corrected chi connectivity index (χ4v) is 3.05. The summed E-state index contributed by atoms with van der Waals surface area (Å²) in [6.07, 6.45) is 6.18. The number of carbonyl (C=O) groups is 1. The molecule has 24 heavy (non-hydrogen) atoms. The number of benzene rings is 1. The molecular formula is C18H23N3O3. The Morgan fingerprint density at radius 2 is 2.08 bits per heavy atom. The van der Waals surface area contributed by atoms with Crippen molar-refractivity contribution in [1.82, 2.24) is 14.7 Å². The highest BCUT2D eigenvalue weighted by molar-refractivity contribution is 5.77. The molecule has 0 saturated carbocycles. The molecule has 1 aromatic carbocycles. The summed E-state index contributed by atoms with van der Waals surface area (Å²) >= 11 is 0. The SMILES string of the molecule is COc1ccc(OCCC(=O)N2CCC[C@H]2Cn2cccn2)cc1. The highest BCUT2D eigenvalue weighted by Gasteiger charge is 2.28. The second kappa shape index (κ2) is 7.86. The summed E-state index contributed by atoms with van der Waals surface area (Å²) in [4.78, 5) is 14.4. The maximum absolute atomic E-state index is 12.5. The first kappa shape index (κ1) is 16.4. The van der Waals surface area contributed by atoms with Crippen LogP contribution < -0.4 is 9.47 Å². The number of carbonyl (C=O) groups excluding carboxylic acids is 1. The summed E-state index contributed by atoms with van der Waals surface area (Å²) in [5.41, 5.74) is 0. The van der Waals surface area contributed by atoms with Crippen molar-refractivity contribution in [1.29, 1.82) is 0 Å². The smallest absolute Gasteiger partial charge is 0.226 e. The van der Waals surface area contributed by atoms with Crippen molar-refractivity contribution in [3.63, 3.8) is 0 Å². The van der Waals surface area contributed by atoms with Crippen LogP contribution in [0.5, 0.6) is 11.5 Å². The number of likely N-dealkylation sites (tertiary alicyclic amines) is 1. The van der Waals surface area contributed by atoms with Crippen LogP contribution in [0.1, 0.15) is 19.3 Å².